The Morgan fingerprint density at radius 2 is 2.00 bits per heavy atom. The molecule has 0 amide bonds. The monoisotopic (exact) mass is 311 g/mol. The lowest BCUT2D eigenvalue weighted by Gasteiger charge is -2.36. The second kappa shape index (κ2) is 6.39. The summed E-state index contributed by atoms with van der Waals surface area (Å²) in [6, 6.07) is 7.84. The van der Waals surface area contributed by atoms with Gasteiger partial charge in [0, 0.05) is 31.7 Å². The second-order valence-electron chi connectivity index (χ2n) is 5.70. The molecule has 3 nitrogen and oxygen atoms in total. The second-order valence-corrected chi connectivity index (χ2v) is 6.93. The van der Waals surface area contributed by atoms with Gasteiger partial charge in [0.05, 0.1) is 15.2 Å². The molecular formula is C15H22ClN3S. The van der Waals surface area contributed by atoms with Gasteiger partial charge in [-0.1, -0.05) is 6.07 Å². The highest BCUT2D eigenvalue weighted by atomic mass is 35.5. The lowest BCUT2D eigenvalue weighted by molar-refractivity contribution is 0.166. The van der Waals surface area contributed by atoms with E-state index in [-0.39, 0.29) is 12.4 Å². The van der Waals surface area contributed by atoms with Crippen molar-refractivity contribution in [3.63, 3.8) is 0 Å². The molecule has 1 aromatic carbocycles. The number of rotatable bonds is 2. The van der Waals surface area contributed by atoms with E-state index in [0.717, 1.165) is 30.2 Å². The highest BCUT2D eigenvalue weighted by Crippen LogP contribution is 2.23. The Bertz CT molecular complexity index is 574. The first-order valence-corrected chi connectivity index (χ1v) is 7.76. The fraction of sp³-hybridized carbons (Fsp3) is 0.533. The van der Waals surface area contributed by atoms with Crippen molar-refractivity contribution in [1.29, 1.82) is 0 Å². The number of nitrogens with one attached hydrogen (secondary N) is 1. The van der Waals surface area contributed by atoms with Crippen LogP contribution in [-0.2, 0) is 6.54 Å². The summed E-state index contributed by atoms with van der Waals surface area (Å²) < 4.78 is 1.31. The van der Waals surface area contributed by atoms with E-state index in [0.29, 0.717) is 12.1 Å². The van der Waals surface area contributed by atoms with Gasteiger partial charge in [-0.2, -0.15) is 0 Å². The van der Waals surface area contributed by atoms with Crippen LogP contribution in [0, 0.1) is 6.92 Å². The molecule has 1 aliphatic heterocycles. The van der Waals surface area contributed by atoms with E-state index in [9.17, 15) is 0 Å². The van der Waals surface area contributed by atoms with Gasteiger partial charge < -0.3 is 5.32 Å². The lowest BCUT2D eigenvalue weighted by atomic mass is 10.1. The van der Waals surface area contributed by atoms with Crippen LogP contribution in [0.25, 0.3) is 10.2 Å². The van der Waals surface area contributed by atoms with Crippen LogP contribution in [0.15, 0.2) is 18.2 Å². The molecular weight excluding hydrogens is 290 g/mol. The molecule has 1 aromatic heterocycles. The summed E-state index contributed by atoms with van der Waals surface area (Å²) in [6.45, 7) is 9.90. The molecule has 1 saturated heterocycles. The van der Waals surface area contributed by atoms with Crippen LogP contribution >= 0.6 is 23.7 Å². The van der Waals surface area contributed by atoms with E-state index in [1.165, 1.54) is 10.3 Å². The summed E-state index contributed by atoms with van der Waals surface area (Å²) in [4.78, 5) is 7.06. The van der Waals surface area contributed by atoms with Crippen molar-refractivity contribution in [1.82, 2.24) is 15.2 Å². The Labute approximate surface area is 130 Å². The molecule has 1 fully saturated rings. The smallest absolute Gasteiger partial charge is 0.0907 e. The molecule has 5 heteroatoms. The predicted octanol–water partition coefficient (Wildman–Crippen LogP) is 3.21. The minimum Gasteiger partial charge on any atom is -0.309 e. The number of halogens is 1. The number of aryl methyl sites for hydroxylation is 1. The maximum Gasteiger partial charge on any atom is 0.0907 e. The molecule has 2 atom stereocenters. The van der Waals surface area contributed by atoms with Crippen LogP contribution in [-0.4, -0.2) is 35.1 Å². The average molecular weight is 312 g/mol. The van der Waals surface area contributed by atoms with E-state index in [2.05, 4.69) is 54.2 Å². The number of thiazole rings is 1. The van der Waals surface area contributed by atoms with Gasteiger partial charge in [-0.05, 0) is 38.5 Å². The highest BCUT2D eigenvalue weighted by Gasteiger charge is 2.20. The van der Waals surface area contributed by atoms with Gasteiger partial charge in [-0.3, -0.25) is 4.90 Å². The highest BCUT2D eigenvalue weighted by molar-refractivity contribution is 7.18. The summed E-state index contributed by atoms with van der Waals surface area (Å²) in [5.41, 5.74) is 2.53. The first-order valence-electron chi connectivity index (χ1n) is 6.94. The van der Waals surface area contributed by atoms with Crippen molar-refractivity contribution in [2.75, 3.05) is 13.1 Å². The molecule has 2 heterocycles. The molecule has 3 rings (SSSR count). The van der Waals surface area contributed by atoms with Crippen molar-refractivity contribution in [3.8, 4) is 0 Å². The molecule has 0 saturated carbocycles. The number of hydrogen-bond acceptors (Lipinski definition) is 4. The van der Waals surface area contributed by atoms with Crippen LogP contribution in [0.5, 0.6) is 0 Å². The minimum atomic E-state index is 0. The van der Waals surface area contributed by atoms with Crippen LogP contribution in [0.2, 0.25) is 0 Å². The third kappa shape index (κ3) is 3.50. The fourth-order valence-corrected chi connectivity index (χ4v) is 3.90. The maximum atomic E-state index is 4.52. The Kier molecular flexibility index (Phi) is 5.02. The Hall–Kier alpha value is -0.680. The number of fused-ring (bicyclic) bond motifs is 1. The SMILES string of the molecule is Cc1nc2ccc(CN3CC(C)NC(C)C3)cc2s1.Cl. The minimum absolute atomic E-state index is 0. The number of piperazine rings is 1. The van der Waals surface area contributed by atoms with Crippen molar-refractivity contribution in [3.05, 3.63) is 28.8 Å². The zero-order valence-electron chi connectivity index (χ0n) is 12.2. The maximum absolute atomic E-state index is 4.52. The van der Waals surface area contributed by atoms with Gasteiger partial charge in [0.1, 0.15) is 0 Å². The molecule has 0 aliphatic carbocycles. The molecule has 1 N–H and O–H groups in total. The van der Waals surface area contributed by atoms with Crippen LogP contribution in [0.1, 0.15) is 24.4 Å². The largest absolute Gasteiger partial charge is 0.309 e. The van der Waals surface area contributed by atoms with Gasteiger partial charge in [0.2, 0.25) is 0 Å². The summed E-state index contributed by atoms with van der Waals surface area (Å²) in [5.74, 6) is 0. The third-order valence-electron chi connectivity index (χ3n) is 3.60. The van der Waals surface area contributed by atoms with E-state index in [4.69, 9.17) is 0 Å². The predicted molar refractivity (Wildman–Crippen MR) is 88.9 cm³/mol. The standard InChI is InChI=1S/C15H21N3S.ClH/c1-10-7-18(8-11(2)16-10)9-13-4-5-14-15(6-13)19-12(3)17-14;/h4-6,10-11,16H,7-9H2,1-3H3;1H. The van der Waals surface area contributed by atoms with Crippen LogP contribution in [0.3, 0.4) is 0 Å². The van der Waals surface area contributed by atoms with Gasteiger partial charge >= 0.3 is 0 Å². The molecule has 1 aliphatic rings. The van der Waals surface area contributed by atoms with Gasteiger partial charge in [0.25, 0.3) is 0 Å². The normalized spacial score (nSPS) is 23.8. The molecule has 0 spiro atoms. The van der Waals surface area contributed by atoms with Crippen LogP contribution < -0.4 is 5.32 Å². The van der Waals surface area contributed by atoms with E-state index < -0.39 is 0 Å². The van der Waals surface area contributed by atoms with Gasteiger partial charge in [-0.25, -0.2) is 4.98 Å². The van der Waals surface area contributed by atoms with E-state index in [1.807, 2.05) is 0 Å². The van der Waals surface area contributed by atoms with Crippen molar-refractivity contribution in [2.24, 2.45) is 0 Å². The lowest BCUT2D eigenvalue weighted by Crippen LogP contribution is -2.53. The molecule has 2 unspecified atom stereocenters. The van der Waals surface area contributed by atoms with Crippen molar-refractivity contribution < 1.29 is 0 Å². The molecule has 2 aromatic rings. The van der Waals surface area contributed by atoms with Crippen LogP contribution in [0.4, 0.5) is 0 Å². The quantitative estimate of drug-likeness (QED) is 0.923. The summed E-state index contributed by atoms with van der Waals surface area (Å²) in [5, 5.41) is 4.73. The Morgan fingerprint density at radius 1 is 1.30 bits per heavy atom. The zero-order valence-corrected chi connectivity index (χ0v) is 13.9. The first kappa shape index (κ1) is 15.7. The number of aromatic nitrogens is 1. The summed E-state index contributed by atoms with van der Waals surface area (Å²) in [6.07, 6.45) is 0. The molecule has 0 bridgehead atoms. The van der Waals surface area contributed by atoms with Gasteiger partial charge in [-0.15, -0.1) is 23.7 Å². The topological polar surface area (TPSA) is 28.2 Å². The van der Waals surface area contributed by atoms with Crippen molar-refractivity contribution in [2.45, 2.75) is 39.4 Å². The first-order chi connectivity index (χ1) is 9.10. The Morgan fingerprint density at radius 3 is 2.70 bits per heavy atom. The molecule has 110 valence electrons. The molecule has 0 radical (unpaired) electrons. The van der Waals surface area contributed by atoms with Crippen molar-refractivity contribution >= 4 is 34.0 Å². The number of hydrogen-bond donors (Lipinski definition) is 1. The Balaban J connectivity index is 0.00000147. The summed E-state index contributed by atoms with van der Waals surface area (Å²) >= 11 is 1.79. The third-order valence-corrected chi connectivity index (χ3v) is 4.53. The summed E-state index contributed by atoms with van der Waals surface area (Å²) in [7, 11) is 0. The fourth-order valence-electron chi connectivity index (χ4n) is 3.01. The van der Waals surface area contributed by atoms with E-state index in [1.54, 1.807) is 11.3 Å². The van der Waals surface area contributed by atoms with E-state index >= 15 is 0 Å². The zero-order chi connectivity index (χ0) is 13.4. The molecule has 20 heavy (non-hydrogen) atoms. The number of nitrogens with zero attached hydrogens (tertiary/aromatic N) is 2. The average Bonchev–Trinajstić information content (AvgIpc) is 2.67. The number of benzene rings is 1. The van der Waals surface area contributed by atoms with Gasteiger partial charge in [0.15, 0.2) is 0 Å².